The second-order valence-corrected chi connectivity index (χ2v) is 17.3. The summed E-state index contributed by atoms with van der Waals surface area (Å²) in [6.07, 6.45) is 0. The van der Waals surface area contributed by atoms with Crippen LogP contribution in [0.25, 0.3) is 110 Å². The van der Waals surface area contributed by atoms with Crippen LogP contribution in [0.3, 0.4) is 0 Å². The van der Waals surface area contributed by atoms with Gasteiger partial charge < -0.3 is 0 Å². The van der Waals surface area contributed by atoms with Crippen molar-refractivity contribution in [3.63, 3.8) is 0 Å². The smallest absolute Gasteiger partial charge is 0.0159 e. The van der Waals surface area contributed by atoms with Crippen LogP contribution in [0.2, 0.25) is 0 Å². The van der Waals surface area contributed by atoms with Crippen LogP contribution >= 0.6 is 0 Å². The summed E-state index contributed by atoms with van der Waals surface area (Å²) in [5.41, 5.74) is 17.7. The van der Waals surface area contributed by atoms with Crippen LogP contribution in [-0.4, -0.2) is 0 Å². The molecule has 0 nitrogen and oxygen atoms in total. The minimum Gasteiger partial charge on any atom is -0.0622 e. The molecule has 61 heavy (non-hydrogen) atoms. The molecular formula is C61H42. The van der Waals surface area contributed by atoms with Crippen LogP contribution in [0.4, 0.5) is 0 Å². The Morgan fingerprint density at radius 2 is 0.656 bits per heavy atom. The Hall–Kier alpha value is -7.54. The van der Waals surface area contributed by atoms with Gasteiger partial charge in [-0.25, -0.2) is 0 Å². The van der Waals surface area contributed by atoms with Crippen molar-refractivity contribution in [3.8, 4) is 66.8 Å². The molecule has 0 bridgehead atoms. The van der Waals surface area contributed by atoms with Crippen LogP contribution in [0.5, 0.6) is 0 Å². The standard InChI is InChI=1S/C61H42/c1-61(2)59-37-47(45-22-21-39-13-9-10-18-42(39)31-45)24-29-53(59)54-30-25-48(38-60(54)61)46-23-27-51-50(32-46)36-56(41-16-7-4-8-17-41)58-35-49(26-28-52(51)58)57-34-44-20-12-11-19-43(44)33-55(57)40-14-5-3-6-15-40/h3-38H,1-2H3. The van der Waals surface area contributed by atoms with Crippen molar-refractivity contribution in [3.05, 3.63) is 230 Å². The lowest BCUT2D eigenvalue weighted by molar-refractivity contribution is 0.661. The second-order valence-electron chi connectivity index (χ2n) is 17.3. The van der Waals surface area contributed by atoms with Gasteiger partial charge in [-0.05, 0) is 170 Å². The molecule has 11 aromatic rings. The third-order valence-corrected chi connectivity index (χ3v) is 13.4. The van der Waals surface area contributed by atoms with Gasteiger partial charge in [0, 0.05) is 5.41 Å². The Bertz CT molecular complexity index is 3530. The average Bonchev–Trinajstić information content (AvgIpc) is 3.55. The number of hydrogen-bond donors (Lipinski definition) is 0. The second kappa shape index (κ2) is 13.8. The van der Waals surface area contributed by atoms with Crippen LogP contribution in [0, 0.1) is 0 Å². The van der Waals surface area contributed by atoms with E-state index in [2.05, 4.69) is 232 Å². The van der Waals surface area contributed by atoms with Crippen molar-refractivity contribution in [2.24, 2.45) is 0 Å². The Balaban J connectivity index is 0.968. The molecule has 1 aliphatic rings. The molecule has 0 heterocycles. The molecule has 0 amide bonds. The van der Waals surface area contributed by atoms with E-state index in [1.165, 1.54) is 121 Å². The topological polar surface area (TPSA) is 0 Å². The van der Waals surface area contributed by atoms with Crippen molar-refractivity contribution in [1.82, 2.24) is 0 Å². The fourth-order valence-electron chi connectivity index (χ4n) is 10.2. The van der Waals surface area contributed by atoms with Crippen LogP contribution in [0.1, 0.15) is 25.0 Å². The third kappa shape index (κ3) is 5.82. The summed E-state index contributed by atoms with van der Waals surface area (Å²) in [6.45, 7) is 4.78. The minimum absolute atomic E-state index is 0.135. The zero-order valence-corrected chi connectivity index (χ0v) is 34.3. The lowest BCUT2D eigenvalue weighted by atomic mass is 9.80. The normalized spacial score (nSPS) is 12.9. The van der Waals surface area contributed by atoms with E-state index >= 15 is 0 Å². The number of hydrogen-bond acceptors (Lipinski definition) is 0. The average molecular weight is 775 g/mol. The van der Waals surface area contributed by atoms with Gasteiger partial charge in [0.25, 0.3) is 0 Å². The van der Waals surface area contributed by atoms with Gasteiger partial charge in [-0.15, -0.1) is 0 Å². The summed E-state index contributed by atoms with van der Waals surface area (Å²) in [6, 6.07) is 81.3. The first-order chi connectivity index (χ1) is 30.0. The molecule has 0 unspecified atom stereocenters. The zero-order valence-electron chi connectivity index (χ0n) is 34.3. The van der Waals surface area contributed by atoms with E-state index in [1.807, 2.05) is 0 Å². The fourth-order valence-corrected chi connectivity index (χ4v) is 10.2. The van der Waals surface area contributed by atoms with Crippen molar-refractivity contribution >= 4 is 43.1 Å². The summed E-state index contributed by atoms with van der Waals surface area (Å²) in [7, 11) is 0. The third-order valence-electron chi connectivity index (χ3n) is 13.4. The van der Waals surface area contributed by atoms with Crippen molar-refractivity contribution in [1.29, 1.82) is 0 Å². The van der Waals surface area contributed by atoms with Crippen molar-refractivity contribution in [2.45, 2.75) is 19.3 Å². The van der Waals surface area contributed by atoms with Crippen LogP contribution in [-0.2, 0) is 5.41 Å². The van der Waals surface area contributed by atoms with E-state index in [1.54, 1.807) is 0 Å². The Kier molecular flexibility index (Phi) is 7.99. The molecule has 0 fully saturated rings. The molecule has 0 aromatic heterocycles. The predicted molar refractivity (Wildman–Crippen MR) is 261 cm³/mol. The molecule has 286 valence electrons. The molecule has 0 spiro atoms. The number of fused-ring (bicyclic) bond motifs is 8. The predicted octanol–water partition coefficient (Wildman–Crippen LogP) is 16.9. The first-order valence-corrected chi connectivity index (χ1v) is 21.4. The maximum Gasteiger partial charge on any atom is 0.0159 e. The molecule has 11 aromatic carbocycles. The van der Waals surface area contributed by atoms with Gasteiger partial charge in [0.1, 0.15) is 0 Å². The molecule has 0 heteroatoms. The summed E-state index contributed by atoms with van der Waals surface area (Å²) in [5.74, 6) is 0. The monoisotopic (exact) mass is 774 g/mol. The molecule has 12 rings (SSSR count). The highest BCUT2D eigenvalue weighted by Gasteiger charge is 2.36. The van der Waals surface area contributed by atoms with E-state index in [-0.39, 0.29) is 5.41 Å². The minimum atomic E-state index is -0.135. The van der Waals surface area contributed by atoms with E-state index in [4.69, 9.17) is 0 Å². The van der Waals surface area contributed by atoms with Gasteiger partial charge >= 0.3 is 0 Å². The van der Waals surface area contributed by atoms with Gasteiger partial charge in [-0.3, -0.25) is 0 Å². The zero-order chi connectivity index (χ0) is 40.7. The first-order valence-electron chi connectivity index (χ1n) is 21.4. The van der Waals surface area contributed by atoms with Gasteiger partial charge in [-0.2, -0.15) is 0 Å². The summed E-state index contributed by atoms with van der Waals surface area (Å²) >= 11 is 0. The van der Waals surface area contributed by atoms with E-state index in [9.17, 15) is 0 Å². The first kappa shape index (κ1) is 35.4. The van der Waals surface area contributed by atoms with Crippen molar-refractivity contribution in [2.75, 3.05) is 0 Å². The van der Waals surface area contributed by atoms with Gasteiger partial charge in [0.15, 0.2) is 0 Å². The summed E-state index contributed by atoms with van der Waals surface area (Å²) < 4.78 is 0. The Morgan fingerprint density at radius 3 is 1.28 bits per heavy atom. The highest BCUT2D eigenvalue weighted by molar-refractivity contribution is 6.16. The molecule has 0 N–H and O–H groups in total. The van der Waals surface area contributed by atoms with Gasteiger partial charge in [0.05, 0.1) is 0 Å². The summed E-state index contributed by atoms with van der Waals surface area (Å²) in [4.78, 5) is 0. The molecule has 0 atom stereocenters. The lowest BCUT2D eigenvalue weighted by Crippen LogP contribution is -2.15. The Labute approximate surface area is 357 Å². The quantitative estimate of drug-likeness (QED) is 0.153. The molecule has 0 saturated carbocycles. The van der Waals surface area contributed by atoms with Crippen LogP contribution < -0.4 is 0 Å². The molecule has 1 aliphatic carbocycles. The molecular weight excluding hydrogens is 733 g/mol. The molecule has 0 saturated heterocycles. The Morgan fingerprint density at radius 1 is 0.230 bits per heavy atom. The maximum atomic E-state index is 2.45. The van der Waals surface area contributed by atoms with E-state index in [0.717, 1.165) is 0 Å². The fraction of sp³-hybridized carbons (Fsp3) is 0.0492. The number of rotatable bonds is 5. The van der Waals surface area contributed by atoms with Gasteiger partial charge in [0.2, 0.25) is 0 Å². The van der Waals surface area contributed by atoms with Gasteiger partial charge in [-0.1, -0.05) is 184 Å². The highest BCUT2D eigenvalue weighted by Crippen LogP contribution is 2.51. The molecule has 0 aliphatic heterocycles. The van der Waals surface area contributed by atoms with E-state index in [0.29, 0.717) is 0 Å². The van der Waals surface area contributed by atoms with Crippen LogP contribution in [0.15, 0.2) is 218 Å². The van der Waals surface area contributed by atoms with Crippen molar-refractivity contribution < 1.29 is 0 Å². The largest absolute Gasteiger partial charge is 0.0622 e. The molecule has 0 radical (unpaired) electrons. The number of benzene rings is 11. The maximum absolute atomic E-state index is 2.45. The van der Waals surface area contributed by atoms with E-state index < -0.39 is 0 Å². The highest BCUT2D eigenvalue weighted by atomic mass is 14.4. The SMILES string of the molecule is CC1(C)c2cc(-c3ccc4ccccc4c3)ccc2-c2ccc(-c3ccc4c(c3)cc(-c3ccccc3)c3cc(-c5cc6ccccc6cc5-c5ccccc5)ccc34)cc21. The summed E-state index contributed by atoms with van der Waals surface area (Å²) in [5, 5.41) is 10.1. The lowest BCUT2D eigenvalue weighted by Gasteiger charge is -2.23.